The van der Waals surface area contributed by atoms with Crippen LogP contribution in [-0.4, -0.2) is 136 Å². The van der Waals surface area contributed by atoms with Gasteiger partial charge in [-0.2, -0.15) is 0 Å². The van der Waals surface area contributed by atoms with Gasteiger partial charge in [-0.1, -0.05) is 35.7 Å². The third-order valence-corrected chi connectivity index (χ3v) is 8.42. The number of aromatic nitrogens is 2. The molecule has 2 aromatic rings. The molecule has 0 saturated carbocycles. The Morgan fingerprint density at radius 1 is 0.633 bits per heavy atom. The van der Waals surface area contributed by atoms with Gasteiger partial charge in [0, 0.05) is 31.9 Å². The lowest BCUT2D eigenvalue weighted by molar-refractivity contribution is -0.139. The standard InChI is InChI=1S/C32H42N4O11S2/c37-25(33-11-14-43-16-18-45-20-22-47-24-23-46-21-19-44-17-15-42-13-8-28(38)39)7-12-36-31(40)29(48-26-5-1-3-9-34-26)30(32(36)41)49-27-6-2-4-10-35-27/h1-6,9-10H,7-8,11-24H2,(H,33,37)(H,38,39). The maximum Gasteiger partial charge on any atom is 0.305 e. The molecule has 268 valence electrons. The second-order valence-electron chi connectivity index (χ2n) is 9.88. The first-order valence-electron chi connectivity index (χ1n) is 15.7. The zero-order valence-corrected chi connectivity index (χ0v) is 28.8. The van der Waals surface area contributed by atoms with Gasteiger partial charge in [0.2, 0.25) is 5.91 Å². The van der Waals surface area contributed by atoms with Crippen molar-refractivity contribution in [1.29, 1.82) is 0 Å². The van der Waals surface area contributed by atoms with E-state index in [1.54, 1.807) is 48.8 Å². The summed E-state index contributed by atoms with van der Waals surface area (Å²) in [5.74, 6) is -2.13. The minimum atomic E-state index is -0.892. The van der Waals surface area contributed by atoms with Crippen LogP contribution in [0, 0.1) is 0 Å². The Morgan fingerprint density at radius 2 is 1.06 bits per heavy atom. The van der Waals surface area contributed by atoms with Crippen LogP contribution in [0.15, 0.2) is 68.7 Å². The summed E-state index contributed by atoms with van der Waals surface area (Å²) in [6, 6.07) is 10.6. The highest BCUT2D eigenvalue weighted by Gasteiger charge is 2.39. The van der Waals surface area contributed by atoms with Gasteiger partial charge in [0.1, 0.15) is 10.1 Å². The van der Waals surface area contributed by atoms with Crippen LogP contribution in [0.25, 0.3) is 0 Å². The summed E-state index contributed by atoms with van der Waals surface area (Å²) in [5, 5.41) is 12.4. The van der Waals surface area contributed by atoms with Crippen molar-refractivity contribution in [3.8, 4) is 0 Å². The molecular formula is C32H42N4O11S2. The monoisotopic (exact) mass is 722 g/mol. The van der Waals surface area contributed by atoms with E-state index in [2.05, 4.69) is 15.3 Å². The molecule has 1 aliphatic rings. The Labute approximate surface area is 293 Å². The molecule has 0 fully saturated rings. The van der Waals surface area contributed by atoms with Gasteiger partial charge in [-0.3, -0.25) is 24.1 Å². The first-order chi connectivity index (χ1) is 24.0. The number of ether oxygens (including phenoxy) is 6. The van der Waals surface area contributed by atoms with E-state index in [9.17, 15) is 19.2 Å². The minimum absolute atomic E-state index is 0.0228. The molecule has 0 aliphatic carbocycles. The highest BCUT2D eigenvalue weighted by atomic mass is 32.2. The molecule has 49 heavy (non-hydrogen) atoms. The van der Waals surface area contributed by atoms with Crippen LogP contribution in [0.3, 0.4) is 0 Å². The molecule has 17 heteroatoms. The normalized spacial score (nSPS) is 13.0. The van der Waals surface area contributed by atoms with E-state index in [1.807, 2.05) is 0 Å². The summed E-state index contributed by atoms with van der Waals surface area (Å²) in [7, 11) is 0. The SMILES string of the molecule is O=C(O)CCOCCOCCOCCOCCOCCOCCNC(=O)CCN1C(=O)C(Sc2ccccn2)=C(Sc2ccccn2)C1=O. The van der Waals surface area contributed by atoms with Gasteiger partial charge in [0.05, 0.1) is 95.5 Å². The Bertz CT molecular complexity index is 1260. The summed E-state index contributed by atoms with van der Waals surface area (Å²) < 4.78 is 32.2. The van der Waals surface area contributed by atoms with Crippen molar-refractivity contribution < 1.29 is 52.7 Å². The third-order valence-electron chi connectivity index (χ3n) is 6.23. The van der Waals surface area contributed by atoms with Crippen LogP contribution >= 0.6 is 23.5 Å². The zero-order chi connectivity index (χ0) is 34.9. The van der Waals surface area contributed by atoms with E-state index in [0.29, 0.717) is 76.1 Å². The summed E-state index contributed by atoms with van der Waals surface area (Å²) in [4.78, 5) is 59.4. The molecule has 2 aromatic heterocycles. The zero-order valence-electron chi connectivity index (χ0n) is 27.1. The number of aliphatic carboxylic acids is 1. The fraction of sp³-hybridized carbons (Fsp3) is 0.500. The summed E-state index contributed by atoms with van der Waals surface area (Å²) in [6.45, 7) is 4.59. The Morgan fingerprint density at radius 3 is 1.47 bits per heavy atom. The number of carboxylic acids is 1. The average molecular weight is 723 g/mol. The minimum Gasteiger partial charge on any atom is -0.481 e. The molecule has 0 atom stereocenters. The maximum atomic E-state index is 13.3. The van der Waals surface area contributed by atoms with Crippen molar-refractivity contribution in [2.45, 2.75) is 22.9 Å². The lowest BCUT2D eigenvalue weighted by Crippen LogP contribution is -2.36. The van der Waals surface area contributed by atoms with E-state index in [4.69, 9.17) is 33.5 Å². The predicted octanol–water partition coefficient (Wildman–Crippen LogP) is 2.02. The van der Waals surface area contributed by atoms with Crippen molar-refractivity contribution >= 4 is 47.2 Å². The number of rotatable bonds is 28. The number of nitrogens with zero attached hydrogens (tertiary/aromatic N) is 3. The van der Waals surface area contributed by atoms with E-state index >= 15 is 0 Å². The van der Waals surface area contributed by atoms with Gasteiger partial charge in [-0.05, 0) is 24.3 Å². The quantitative estimate of drug-likeness (QED) is 0.0960. The lowest BCUT2D eigenvalue weighted by Gasteiger charge is -2.15. The van der Waals surface area contributed by atoms with Gasteiger partial charge in [-0.25, -0.2) is 9.97 Å². The van der Waals surface area contributed by atoms with Crippen LogP contribution < -0.4 is 5.32 Å². The van der Waals surface area contributed by atoms with E-state index in [1.165, 1.54) is 0 Å². The second kappa shape index (κ2) is 24.7. The van der Waals surface area contributed by atoms with Crippen molar-refractivity contribution in [3.05, 3.63) is 58.6 Å². The number of hydrogen-bond donors (Lipinski definition) is 2. The Balaban J connectivity index is 1.17. The molecule has 0 spiro atoms. The number of thioether (sulfide) groups is 2. The maximum absolute atomic E-state index is 13.3. The molecule has 0 saturated heterocycles. The van der Waals surface area contributed by atoms with Gasteiger partial charge >= 0.3 is 5.97 Å². The molecule has 0 unspecified atom stereocenters. The van der Waals surface area contributed by atoms with Crippen molar-refractivity contribution in [2.24, 2.45) is 0 Å². The number of hydrogen-bond acceptors (Lipinski definition) is 14. The number of carbonyl (C=O) groups excluding carboxylic acids is 3. The Hall–Kier alpha value is -3.42. The van der Waals surface area contributed by atoms with E-state index in [-0.39, 0.29) is 54.9 Å². The van der Waals surface area contributed by atoms with Crippen molar-refractivity contribution in [3.63, 3.8) is 0 Å². The largest absolute Gasteiger partial charge is 0.481 e. The lowest BCUT2D eigenvalue weighted by atomic mass is 10.3. The molecule has 0 aromatic carbocycles. The summed E-state index contributed by atoms with van der Waals surface area (Å²) in [5.41, 5.74) is 0. The molecule has 3 heterocycles. The Kier molecular flexibility index (Phi) is 20.1. The number of nitrogens with one attached hydrogen (secondary N) is 1. The summed E-state index contributed by atoms with van der Waals surface area (Å²) >= 11 is 2.23. The molecule has 1 aliphatic heterocycles. The van der Waals surface area contributed by atoms with Crippen LogP contribution in [0.2, 0.25) is 0 Å². The van der Waals surface area contributed by atoms with Gasteiger partial charge in [0.25, 0.3) is 11.8 Å². The van der Waals surface area contributed by atoms with E-state index < -0.39 is 17.8 Å². The van der Waals surface area contributed by atoms with Gasteiger partial charge in [-0.15, -0.1) is 0 Å². The van der Waals surface area contributed by atoms with Crippen LogP contribution in [0.4, 0.5) is 0 Å². The first-order valence-corrected chi connectivity index (χ1v) is 17.3. The fourth-order valence-electron chi connectivity index (χ4n) is 3.86. The average Bonchev–Trinajstić information content (AvgIpc) is 3.31. The highest BCUT2D eigenvalue weighted by Crippen LogP contribution is 2.41. The topological polar surface area (TPSA) is 185 Å². The number of carboxylic acid groups (broad SMARTS) is 1. The van der Waals surface area contributed by atoms with Crippen molar-refractivity contribution in [1.82, 2.24) is 20.2 Å². The number of pyridine rings is 2. The predicted molar refractivity (Wildman–Crippen MR) is 179 cm³/mol. The number of amides is 3. The van der Waals surface area contributed by atoms with Crippen LogP contribution in [0.5, 0.6) is 0 Å². The molecule has 0 bridgehead atoms. The first kappa shape index (κ1) is 40.0. The van der Waals surface area contributed by atoms with Crippen molar-refractivity contribution in [2.75, 3.05) is 92.4 Å². The molecule has 0 radical (unpaired) electrons. The number of carbonyl (C=O) groups is 4. The summed E-state index contributed by atoms with van der Waals surface area (Å²) in [6.07, 6.45) is 3.16. The molecule has 3 amide bonds. The molecular weight excluding hydrogens is 681 g/mol. The molecule has 2 N–H and O–H groups in total. The smallest absolute Gasteiger partial charge is 0.305 e. The van der Waals surface area contributed by atoms with Gasteiger partial charge in [0.15, 0.2) is 0 Å². The third kappa shape index (κ3) is 16.7. The van der Waals surface area contributed by atoms with Crippen LogP contribution in [0.1, 0.15) is 12.8 Å². The fourth-order valence-corrected chi connectivity index (χ4v) is 5.81. The van der Waals surface area contributed by atoms with E-state index in [0.717, 1.165) is 28.4 Å². The molecule has 3 rings (SSSR count). The second-order valence-corrected chi connectivity index (χ2v) is 11.9. The highest BCUT2D eigenvalue weighted by molar-refractivity contribution is 8.08. The molecule has 15 nitrogen and oxygen atoms in total. The van der Waals surface area contributed by atoms with Crippen LogP contribution in [-0.2, 0) is 47.6 Å². The number of imide groups is 1. The van der Waals surface area contributed by atoms with Gasteiger partial charge < -0.3 is 38.8 Å².